The Morgan fingerprint density at radius 3 is 2.63 bits per heavy atom. The second-order valence-electron chi connectivity index (χ2n) is 10.6. The van der Waals surface area contributed by atoms with E-state index >= 15 is 4.39 Å². The van der Waals surface area contributed by atoms with Crippen LogP contribution >= 0.6 is 0 Å². The number of phenolic OH excluding ortho intramolecular Hbond substituents is 1. The van der Waals surface area contributed by atoms with Crippen molar-refractivity contribution in [2.24, 2.45) is 5.92 Å². The zero-order valence-corrected chi connectivity index (χ0v) is 20.8. The number of anilines is 1. The van der Waals surface area contributed by atoms with Gasteiger partial charge in [0.15, 0.2) is 5.82 Å². The minimum Gasteiger partial charge on any atom is -0.508 e. The number of hydrogen-bond donors (Lipinski definition) is 3. The van der Waals surface area contributed by atoms with Crippen LogP contribution in [0.5, 0.6) is 11.8 Å². The molecule has 3 aromatic carbocycles. The number of carbonyl (C=O) groups is 1. The summed E-state index contributed by atoms with van der Waals surface area (Å²) in [6.45, 7) is 2.38. The molecule has 1 aromatic heterocycles. The second-order valence-corrected chi connectivity index (χ2v) is 10.6. The molecule has 3 unspecified atom stereocenters. The molecule has 3 fully saturated rings. The van der Waals surface area contributed by atoms with E-state index in [4.69, 9.17) is 9.72 Å². The highest BCUT2D eigenvalue weighted by molar-refractivity contribution is 6.01. The SMILES string of the molecule is O=C1CC(COc2nc(N3CC4CCC(C3)N4)c3ccc(-c4cc(O)cc5ccccc45)c(F)c3n2)CN1. The summed E-state index contributed by atoms with van der Waals surface area (Å²) in [7, 11) is 0. The highest BCUT2D eigenvalue weighted by atomic mass is 19.1. The Morgan fingerprint density at radius 2 is 1.84 bits per heavy atom. The third-order valence-electron chi connectivity index (χ3n) is 7.93. The number of carbonyl (C=O) groups excluding carboxylic acids is 1. The number of hydrogen-bond acceptors (Lipinski definition) is 7. The van der Waals surface area contributed by atoms with Gasteiger partial charge in [0.2, 0.25) is 5.91 Å². The van der Waals surface area contributed by atoms with Gasteiger partial charge in [-0.3, -0.25) is 4.79 Å². The van der Waals surface area contributed by atoms with Crippen LogP contribution in [0.25, 0.3) is 32.8 Å². The lowest BCUT2D eigenvalue weighted by molar-refractivity contribution is -0.119. The normalized spacial score (nSPS) is 22.8. The van der Waals surface area contributed by atoms with Crippen molar-refractivity contribution < 1.29 is 19.0 Å². The molecular weight excluding hydrogens is 485 g/mol. The Balaban J connectivity index is 1.35. The molecular formula is C29H28FN5O3. The molecule has 3 saturated heterocycles. The van der Waals surface area contributed by atoms with Gasteiger partial charge in [-0.2, -0.15) is 9.97 Å². The van der Waals surface area contributed by atoms with Crippen LogP contribution in [0.3, 0.4) is 0 Å². The number of aromatic hydroxyl groups is 1. The summed E-state index contributed by atoms with van der Waals surface area (Å²) in [5.74, 6) is 0.276. The maximum atomic E-state index is 16.4. The summed E-state index contributed by atoms with van der Waals surface area (Å²) in [5.41, 5.74) is 1.13. The van der Waals surface area contributed by atoms with Crippen LogP contribution in [-0.4, -0.2) is 59.3 Å². The average molecular weight is 514 g/mol. The molecule has 9 heteroatoms. The highest BCUT2D eigenvalue weighted by Gasteiger charge is 2.34. The maximum absolute atomic E-state index is 16.4. The van der Waals surface area contributed by atoms with Crippen molar-refractivity contribution in [3.8, 4) is 22.9 Å². The quantitative estimate of drug-likeness (QED) is 0.374. The van der Waals surface area contributed by atoms with Gasteiger partial charge in [-0.1, -0.05) is 30.3 Å². The first-order chi connectivity index (χ1) is 18.5. The molecule has 1 amide bonds. The molecule has 0 aliphatic carbocycles. The smallest absolute Gasteiger partial charge is 0.319 e. The predicted octanol–water partition coefficient (Wildman–Crippen LogP) is 3.75. The molecule has 2 bridgehead atoms. The Bertz CT molecular complexity index is 1570. The number of nitrogens with zero attached hydrogens (tertiary/aromatic N) is 3. The Kier molecular flexibility index (Phi) is 5.54. The molecule has 194 valence electrons. The predicted molar refractivity (Wildman–Crippen MR) is 143 cm³/mol. The number of benzene rings is 3. The summed E-state index contributed by atoms with van der Waals surface area (Å²) in [4.78, 5) is 23.1. The van der Waals surface area contributed by atoms with Crippen molar-refractivity contribution >= 4 is 33.4 Å². The lowest BCUT2D eigenvalue weighted by atomic mass is 9.96. The van der Waals surface area contributed by atoms with Crippen LogP contribution in [0.4, 0.5) is 10.2 Å². The molecule has 3 aliphatic heterocycles. The van der Waals surface area contributed by atoms with Crippen LogP contribution in [0.15, 0.2) is 48.5 Å². The van der Waals surface area contributed by atoms with Gasteiger partial charge in [0.1, 0.15) is 17.1 Å². The lowest BCUT2D eigenvalue weighted by Gasteiger charge is -2.34. The minimum absolute atomic E-state index is 0.00374. The van der Waals surface area contributed by atoms with Gasteiger partial charge in [0.05, 0.1) is 6.61 Å². The Labute approximate surface area is 218 Å². The number of piperazine rings is 1. The number of halogens is 1. The molecule has 0 saturated carbocycles. The molecule has 0 spiro atoms. The molecule has 0 radical (unpaired) electrons. The van der Waals surface area contributed by atoms with Gasteiger partial charge in [-0.05, 0) is 47.4 Å². The standard InChI is InChI=1S/C29H28FN5O3/c30-26-22(24-11-20(36)10-17-3-1-2-4-21(17)24)7-8-23-27(26)33-29(38-15-16-9-25(37)31-12-16)34-28(23)35-13-18-5-6-19(14-35)32-18/h1-4,7-8,10-11,16,18-19,32,36H,5-6,9,12-15H2,(H,31,37). The van der Waals surface area contributed by atoms with Gasteiger partial charge in [-0.25, -0.2) is 4.39 Å². The van der Waals surface area contributed by atoms with E-state index in [1.165, 1.54) is 0 Å². The largest absolute Gasteiger partial charge is 0.508 e. The van der Waals surface area contributed by atoms with Crippen LogP contribution < -0.4 is 20.3 Å². The van der Waals surface area contributed by atoms with Crippen molar-refractivity contribution in [3.63, 3.8) is 0 Å². The zero-order valence-electron chi connectivity index (χ0n) is 20.8. The fourth-order valence-electron chi connectivity index (χ4n) is 6.10. The summed E-state index contributed by atoms with van der Waals surface area (Å²) in [5, 5.41) is 19.1. The van der Waals surface area contributed by atoms with E-state index in [-0.39, 0.29) is 35.7 Å². The molecule has 8 nitrogen and oxygen atoms in total. The number of aromatic nitrogens is 2. The van der Waals surface area contributed by atoms with E-state index in [2.05, 4.69) is 20.5 Å². The average Bonchev–Trinajstić information content (AvgIpc) is 3.50. The van der Waals surface area contributed by atoms with Crippen molar-refractivity contribution in [2.75, 3.05) is 31.1 Å². The fourth-order valence-corrected chi connectivity index (χ4v) is 6.10. The van der Waals surface area contributed by atoms with Gasteiger partial charge < -0.3 is 25.4 Å². The Morgan fingerprint density at radius 1 is 1.03 bits per heavy atom. The number of amides is 1. The minimum atomic E-state index is -0.484. The number of phenols is 1. The second kappa shape index (κ2) is 9.09. The Hall–Kier alpha value is -3.98. The van der Waals surface area contributed by atoms with E-state index in [0.29, 0.717) is 47.4 Å². The first kappa shape index (κ1) is 23.2. The van der Waals surface area contributed by atoms with E-state index in [9.17, 15) is 9.90 Å². The molecule has 3 atom stereocenters. The number of rotatable bonds is 5. The van der Waals surface area contributed by atoms with Crippen molar-refractivity contribution in [2.45, 2.75) is 31.3 Å². The monoisotopic (exact) mass is 513 g/mol. The van der Waals surface area contributed by atoms with Gasteiger partial charge in [0, 0.05) is 55.0 Å². The molecule has 4 aromatic rings. The summed E-state index contributed by atoms with van der Waals surface area (Å²) >= 11 is 0. The van der Waals surface area contributed by atoms with Crippen molar-refractivity contribution in [1.29, 1.82) is 0 Å². The van der Waals surface area contributed by atoms with Crippen LogP contribution in [-0.2, 0) is 4.79 Å². The van der Waals surface area contributed by atoms with Crippen LogP contribution in [0.2, 0.25) is 0 Å². The fraction of sp³-hybridized carbons (Fsp3) is 0.345. The number of ether oxygens (including phenoxy) is 1. The molecule has 3 aliphatic rings. The molecule has 7 rings (SSSR count). The summed E-state index contributed by atoms with van der Waals surface area (Å²) in [6.07, 6.45) is 2.61. The van der Waals surface area contributed by atoms with Crippen molar-refractivity contribution in [3.05, 3.63) is 54.3 Å². The molecule has 38 heavy (non-hydrogen) atoms. The summed E-state index contributed by atoms with van der Waals surface area (Å²) < 4.78 is 22.4. The van der Waals surface area contributed by atoms with Gasteiger partial charge in [-0.15, -0.1) is 0 Å². The summed E-state index contributed by atoms with van der Waals surface area (Å²) in [6, 6.07) is 15.3. The van der Waals surface area contributed by atoms with E-state index in [0.717, 1.165) is 36.7 Å². The van der Waals surface area contributed by atoms with E-state index < -0.39 is 5.82 Å². The molecule has 4 heterocycles. The first-order valence-electron chi connectivity index (χ1n) is 13.1. The lowest BCUT2D eigenvalue weighted by Crippen LogP contribution is -2.51. The van der Waals surface area contributed by atoms with E-state index in [1.807, 2.05) is 30.3 Å². The molecule has 3 N–H and O–H groups in total. The number of nitrogens with one attached hydrogen (secondary N) is 2. The maximum Gasteiger partial charge on any atom is 0.319 e. The third-order valence-corrected chi connectivity index (χ3v) is 7.93. The van der Waals surface area contributed by atoms with Crippen LogP contribution in [0.1, 0.15) is 19.3 Å². The van der Waals surface area contributed by atoms with Crippen molar-refractivity contribution in [1.82, 2.24) is 20.6 Å². The van der Waals surface area contributed by atoms with Gasteiger partial charge >= 0.3 is 6.01 Å². The number of fused-ring (bicyclic) bond motifs is 4. The van der Waals surface area contributed by atoms with E-state index in [1.54, 1.807) is 18.2 Å². The van der Waals surface area contributed by atoms with Gasteiger partial charge in [0.25, 0.3) is 0 Å². The van der Waals surface area contributed by atoms with Crippen LogP contribution in [0, 0.1) is 11.7 Å². The zero-order chi connectivity index (χ0) is 25.8. The highest BCUT2D eigenvalue weighted by Crippen LogP contribution is 2.39. The first-order valence-corrected chi connectivity index (χ1v) is 13.1. The third kappa shape index (κ3) is 4.07. The topological polar surface area (TPSA) is 99.6 Å².